The number of allylic oxidation sites excluding steroid dienone is 1. The predicted octanol–water partition coefficient (Wildman–Crippen LogP) is 2.31. The summed E-state index contributed by atoms with van der Waals surface area (Å²) in [6.07, 6.45) is 2.45. The largest absolute Gasteiger partial charge is 0.392 e. The highest BCUT2D eigenvalue weighted by atomic mass is 32.2. The molecule has 1 aliphatic rings. The lowest BCUT2D eigenvalue weighted by Crippen LogP contribution is -2.32. The molecule has 5 nitrogen and oxygen atoms in total. The Kier molecular flexibility index (Phi) is 5.38. The molecule has 0 bridgehead atoms. The minimum atomic E-state index is -0.659. The van der Waals surface area contributed by atoms with E-state index in [-0.39, 0.29) is 17.0 Å². The summed E-state index contributed by atoms with van der Waals surface area (Å²) in [5.74, 6) is -1.76. The van der Waals surface area contributed by atoms with Gasteiger partial charge in [0.25, 0.3) is 5.91 Å². The molecular formula is C15H16F2N4OS. The van der Waals surface area contributed by atoms with Crippen molar-refractivity contribution < 1.29 is 13.6 Å². The molecule has 1 aromatic rings. The van der Waals surface area contributed by atoms with Gasteiger partial charge in [-0.1, -0.05) is 6.07 Å². The van der Waals surface area contributed by atoms with Crippen molar-refractivity contribution >= 4 is 23.9 Å². The highest BCUT2D eigenvalue weighted by Gasteiger charge is 2.32. The van der Waals surface area contributed by atoms with Crippen LogP contribution in [0.1, 0.15) is 10.9 Å². The van der Waals surface area contributed by atoms with Gasteiger partial charge >= 0.3 is 0 Å². The molecule has 8 heteroatoms. The van der Waals surface area contributed by atoms with Crippen molar-refractivity contribution in [2.45, 2.75) is 5.37 Å². The normalized spacial score (nSPS) is 17.7. The number of nitrogens with zero attached hydrogens (tertiary/aromatic N) is 1. The van der Waals surface area contributed by atoms with Crippen molar-refractivity contribution in [3.63, 3.8) is 0 Å². The molecule has 0 saturated carbocycles. The van der Waals surface area contributed by atoms with E-state index < -0.39 is 22.9 Å². The number of nitrogens with one attached hydrogen (secondary N) is 3. The monoisotopic (exact) mass is 338 g/mol. The second-order valence-electron chi connectivity index (χ2n) is 4.72. The van der Waals surface area contributed by atoms with Gasteiger partial charge in [-0.3, -0.25) is 4.79 Å². The number of benzene rings is 1. The minimum Gasteiger partial charge on any atom is -0.392 e. The fourth-order valence-corrected chi connectivity index (χ4v) is 3.30. The SMILES string of the molecule is CN/C=C(\C=N)NC(=O)C1=CSC(c2c(F)cccc2F)N1C. The molecule has 0 radical (unpaired) electrons. The molecule has 0 aliphatic carbocycles. The maximum absolute atomic E-state index is 13.9. The summed E-state index contributed by atoms with van der Waals surface area (Å²) >= 11 is 1.15. The van der Waals surface area contributed by atoms with Crippen molar-refractivity contribution in [3.05, 3.63) is 58.4 Å². The van der Waals surface area contributed by atoms with Crippen molar-refractivity contribution in [1.29, 1.82) is 5.41 Å². The Morgan fingerprint density at radius 3 is 2.61 bits per heavy atom. The highest BCUT2D eigenvalue weighted by Crippen LogP contribution is 2.43. The molecule has 1 unspecified atom stereocenters. The summed E-state index contributed by atoms with van der Waals surface area (Å²) in [4.78, 5) is 13.8. The van der Waals surface area contributed by atoms with E-state index in [1.54, 1.807) is 19.5 Å². The number of likely N-dealkylation sites (N-methyl/N-ethyl adjacent to an activating group) is 1. The fraction of sp³-hybridized carbons (Fsp3) is 0.200. The quantitative estimate of drug-likeness (QED) is 0.721. The summed E-state index contributed by atoms with van der Waals surface area (Å²) in [5.41, 5.74) is 0.459. The van der Waals surface area contributed by atoms with Crippen LogP contribution in [0.15, 0.2) is 41.2 Å². The first-order chi connectivity index (χ1) is 11.0. The number of halogens is 2. The molecule has 1 atom stereocenters. The smallest absolute Gasteiger partial charge is 0.272 e. The summed E-state index contributed by atoms with van der Waals surface area (Å²) in [6.45, 7) is 0. The van der Waals surface area contributed by atoms with Crippen LogP contribution in [-0.4, -0.2) is 31.1 Å². The molecule has 23 heavy (non-hydrogen) atoms. The first-order valence-corrected chi connectivity index (χ1v) is 7.65. The van der Waals surface area contributed by atoms with Crippen LogP contribution in [-0.2, 0) is 4.79 Å². The van der Waals surface area contributed by atoms with Gasteiger partial charge in [0.15, 0.2) is 0 Å². The Labute approximate surface area is 136 Å². The van der Waals surface area contributed by atoms with E-state index in [0.29, 0.717) is 0 Å². The van der Waals surface area contributed by atoms with Gasteiger partial charge in [-0.15, -0.1) is 11.8 Å². The minimum absolute atomic E-state index is 0.0860. The predicted molar refractivity (Wildman–Crippen MR) is 86.6 cm³/mol. The number of carbonyl (C=O) groups excluding carboxylic acids is 1. The molecule has 0 aromatic heterocycles. The van der Waals surface area contributed by atoms with Crippen LogP contribution < -0.4 is 10.6 Å². The van der Waals surface area contributed by atoms with Crippen molar-refractivity contribution in [3.8, 4) is 0 Å². The average Bonchev–Trinajstić information content (AvgIpc) is 2.88. The van der Waals surface area contributed by atoms with Crippen LogP contribution in [0.3, 0.4) is 0 Å². The van der Waals surface area contributed by atoms with Crippen LogP contribution >= 0.6 is 11.8 Å². The van der Waals surface area contributed by atoms with E-state index in [0.717, 1.165) is 18.0 Å². The van der Waals surface area contributed by atoms with Gasteiger partial charge in [-0.25, -0.2) is 8.78 Å². The third-order valence-electron chi connectivity index (χ3n) is 3.23. The zero-order valence-corrected chi connectivity index (χ0v) is 13.4. The summed E-state index contributed by atoms with van der Waals surface area (Å²) in [5, 5.41) is 13.4. The third kappa shape index (κ3) is 3.53. The lowest BCUT2D eigenvalue weighted by Gasteiger charge is -2.24. The van der Waals surface area contributed by atoms with Crippen LogP contribution in [0.4, 0.5) is 8.78 Å². The second kappa shape index (κ2) is 7.28. The Bertz CT molecular complexity index is 670. The van der Waals surface area contributed by atoms with Crippen molar-refractivity contribution in [2.24, 2.45) is 0 Å². The van der Waals surface area contributed by atoms with Crippen LogP contribution in [0, 0.1) is 17.0 Å². The summed E-state index contributed by atoms with van der Waals surface area (Å²) < 4.78 is 27.8. The molecule has 1 aliphatic heterocycles. The Hall–Kier alpha value is -2.35. The number of carbonyl (C=O) groups is 1. The number of rotatable bonds is 5. The van der Waals surface area contributed by atoms with Crippen LogP contribution in [0.5, 0.6) is 0 Å². The number of thioether (sulfide) groups is 1. The zero-order chi connectivity index (χ0) is 17.0. The maximum Gasteiger partial charge on any atom is 0.272 e. The Morgan fingerprint density at radius 1 is 1.39 bits per heavy atom. The van der Waals surface area contributed by atoms with E-state index in [4.69, 9.17) is 5.41 Å². The van der Waals surface area contributed by atoms with Crippen LogP contribution in [0.25, 0.3) is 0 Å². The van der Waals surface area contributed by atoms with E-state index in [9.17, 15) is 13.6 Å². The molecule has 0 spiro atoms. The molecule has 2 rings (SSSR count). The van der Waals surface area contributed by atoms with Crippen LogP contribution in [0.2, 0.25) is 0 Å². The molecule has 1 amide bonds. The number of hydrogen-bond donors (Lipinski definition) is 3. The van der Waals surface area contributed by atoms with Gasteiger partial charge in [-0.05, 0) is 12.1 Å². The standard InChI is InChI=1S/C15H16F2N4OS/c1-19-7-9(6-18)20-14(22)12-8-23-15(21(12)2)13-10(16)4-3-5-11(13)17/h3-8,15,18-19H,1-2H3,(H,20,22)/b9-7+,18-6?. The van der Waals surface area contributed by atoms with Crippen molar-refractivity contribution in [2.75, 3.05) is 14.1 Å². The van der Waals surface area contributed by atoms with Gasteiger partial charge < -0.3 is 20.9 Å². The molecule has 0 fully saturated rings. The van der Waals surface area contributed by atoms with Gasteiger partial charge in [0.2, 0.25) is 0 Å². The van der Waals surface area contributed by atoms with Crippen molar-refractivity contribution in [1.82, 2.24) is 15.5 Å². The maximum atomic E-state index is 13.9. The second-order valence-corrected chi connectivity index (χ2v) is 5.68. The van der Waals surface area contributed by atoms with E-state index >= 15 is 0 Å². The third-order valence-corrected chi connectivity index (χ3v) is 4.40. The van der Waals surface area contributed by atoms with Gasteiger partial charge in [0, 0.05) is 31.9 Å². The summed E-state index contributed by atoms with van der Waals surface area (Å²) in [6, 6.07) is 3.68. The lowest BCUT2D eigenvalue weighted by molar-refractivity contribution is -0.118. The highest BCUT2D eigenvalue weighted by molar-refractivity contribution is 8.02. The topological polar surface area (TPSA) is 68.2 Å². The average molecular weight is 338 g/mol. The molecule has 1 aromatic carbocycles. The fourth-order valence-electron chi connectivity index (χ4n) is 2.12. The molecule has 0 saturated heterocycles. The molecule has 122 valence electrons. The molecular weight excluding hydrogens is 322 g/mol. The number of amides is 1. The first kappa shape index (κ1) is 17.0. The molecule has 1 heterocycles. The summed E-state index contributed by atoms with van der Waals surface area (Å²) in [7, 11) is 3.23. The van der Waals surface area contributed by atoms with Gasteiger partial charge in [0.1, 0.15) is 22.7 Å². The Morgan fingerprint density at radius 2 is 2.04 bits per heavy atom. The molecule has 3 N–H and O–H groups in total. The van der Waals surface area contributed by atoms with E-state index in [1.807, 2.05) is 0 Å². The van der Waals surface area contributed by atoms with Gasteiger partial charge in [0.05, 0.1) is 11.3 Å². The van der Waals surface area contributed by atoms with E-state index in [1.165, 1.54) is 29.3 Å². The van der Waals surface area contributed by atoms with E-state index in [2.05, 4.69) is 10.6 Å². The lowest BCUT2D eigenvalue weighted by atomic mass is 10.1. The number of hydrogen-bond acceptors (Lipinski definition) is 5. The zero-order valence-electron chi connectivity index (χ0n) is 12.6. The Balaban J connectivity index is 2.18. The first-order valence-electron chi connectivity index (χ1n) is 6.71. The van der Waals surface area contributed by atoms with Gasteiger partial charge in [-0.2, -0.15) is 0 Å².